The van der Waals surface area contributed by atoms with Gasteiger partial charge in [0.2, 0.25) is 5.43 Å². The number of para-hydroxylation sites is 1. The molecule has 0 radical (unpaired) electrons. The van der Waals surface area contributed by atoms with Crippen LogP contribution in [0.15, 0.2) is 41.3 Å². The maximum atomic E-state index is 13.0. The number of fused-ring (bicyclic) bond motifs is 1. The average molecular weight is 399 g/mol. The summed E-state index contributed by atoms with van der Waals surface area (Å²) in [5.41, 5.74) is 2.64. The number of carbonyl (C=O) groups is 1. The van der Waals surface area contributed by atoms with Crippen molar-refractivity contribution in [2.24, 2.45) is 0 Å². The predicted molar refractivity (Wildman–Crippen MR) is 107 cm³/mol. The highest BCUT2D eigenvalue weighted by atomic mass is 32.2. The maximum Gasteiger partial charge on any atom is 0.207 e. The predicted octanol–water partition coefficient (Wildman–Crippen LogP) is 2.06. The Kier molecular flexibility index (Phi) is 4.45. The fourth-order valence-corrected chi connectivity index (χ4v) is 5.81. The molecule has 3 heterocycles. The number of benzene rings is 1. The third-order valence-corrected chi connectivity index (χ3v) is 7.16. The molecule has 0 unspecified atom stereocenters. The number of ketones is 1. The van der Waals surface area contributed by atoms with Crippen molar-refractivity contribution in [1.82, 2.24) is 14.3 Å². The summed E-state index contributed by atoms with van der Waals surface area (Å²) < 4.78 is 27.2. The Morgan fingerprint density at radius 3 is 2.71 bits per heavy atom. The number of aromatic nitrogens is 3. The monoisotopic (exact) mass is 399 g/mol. The summed E-state index contributed by atoms with van der Waals surface area (Å²) in [5.74, 6) is 0.176. The molecule has 1 aliphatic rings. The molecule has 146 valence electrons. The molecule has 0 saturated carbocycles. The first-order valence-electron chi connectivity index (χ1n) is 9.14. The lowest BCUT2D eigenvalue weighted by Gasteiger charge is -2.16. The first-order chi connectivity index (χ1) is 13.3. The van der Waals surface area contributed by atoms with Gasteiger partial charge in [-0.2, -0.15) is 5.10 Å². The van der Waals surface area contributed by atoms with E-state index in [2.05, 4.69) is 5.10 Å². The zero-order valence-corrected chi connectivity index (χ0v) is 16.6. The second-order valence-corrected chi connectivity index (χ2v) is 9.55. The number of sulfone groups is 1. The summed E-state index contributed by atoms with van der Waals surface area (Å²) in [7, 11) is -3.01. The molecule has 2 aromatic heterocycles. The van der Waals surface area contributed by atoms with Gasteiger partial charge in [0.05, 0.1) is 23.2 Å². The van der Waals surface area contributed by atoms with Gasteiger partial charge in [0, 0.05) is 28.4 Å². The lowest BCUT2D eigenvalue weighted by atomic mass is 10.1. The van der Waals surface area contributed by atoms with Crippen molar-refractivity contribution < 1.29 is 13.2 Å². The first-order valence-corrected chi connectivity index (χ1v) is 11.0. The van der Waals surface area contributed by atoms with Crippen LogP contribution < -0.4 is 5.43 Å². The number of nitrogens with zero attached hydrogens (tertiary/aromatic N) is 3. The summed E-state index contributed by atoms with van der Waals surface area (Å²) >= 11 is 0. The third-order valence-electron chi connectivity index (χ3n) is 5.41. The van der Waals surface area contributed by atoms with Crippen LogP contribution in [0.3, 0.4) is 0 Å². The minimum absolute atomic E-state index is 0.00799. The number of Topliss-reactive ketones (excluding diaryl/α,β-unsaturated/α-hetero) is 1. The summed E-state index contributed by atoms with van der Waals surface area (Å²) in [6, 6.07) is 8.75. The molecule has 7 nitrogen and oxygen atoms in total. The van der Waals surface area contributed by atoms with Crippen molar-refractivity contribution in [3.63, 3.8) is 0 Å². The van der Waals surface area contributed by atoms with Gasteiger partial charge in [-0.15, -0.1) is 0 Å². The Balaban J connectivity index is 1.68. The molecule has 1 atom stereocenters. The lowest BCUT2D eigenvalue weighted by Crippen LogP contribution is -2.18. The second kappa shape index (κ2) is 6.70. The maximum absolute atomic E-state index is 13.0. The molecule has 1 aromatic carbocycles. The molecule has 3 aromatic rings. The SMILES string of the molecule is Cc1cc(C(=O)Cn2ncc(=O)c3ccccc32)c(C)n1[C@@H]1CCS(=O)(=O)C1. The standard InChI is InChI=1S/C20H21N3O4S/c1-13-9-17(14(2)23(13)15-7-8-28(26,27)12-15)20(25)11-22-18-6-4-3-5-16(18)19(24)10-21-22/h3-6,9-10,15H,7-8,11-12H2,1-2H3/t15-/m1/s1. The fourth-order valence-electron chi connectivity index (χ4n) is 4.11. The molecule has 0 bridgehead atoms. The third kappa shape index (κ3) is 3.17. The summed E-state index contributed by atoms with van der Waals surface area (Å²) in [5, 5.41) is 4.64. The zero-order chi connectivity index (χ0) is 20.1. The van der Waals surface area contributed by atoms with Gasteiger partial charge in [0.15, 0.2) is 15.6 Å². The fraction of sp³-hybridized carbons (Fsp3) is 0.350. The van der Waals surface area contributed by atoms with E-state index in [4.69, 9.17) is 0 Å². The van der Waals surface area contributed by atoms with Crippen LogP contribution >= 0.6 is 0 Å². The van der Waals surface area contributed by atoms with Gasteiger partial charge in [-0.05, 0) is 38.5 Å². The normalized spacial score (nSPS) is 18.6. The van der Waals surface area contributed by atoms with Gasteiger partial charge in [-0.25, -0.2) is 8.42 Å². The van der Waals surface area contributed by atoms with E-state index in [1.807, 2.05) is 24.5 Å². The van der Waals surface area contributed by atoms with Crippen molar-refractivity contribution in [3.05, 3.63) is 63.7 Å². The Bertz CT molecular complexity index is 1250. The average Bonchev–Trinajstić information content (AvgIpc) is 3.15. The quantitative estimate of drug-likeness (QED) is 0.626. The lowest BCUT2D eigenvalue weighted by molar-refractivity contribution is 0.0968. The van der Waals surface area contributed by atoms with Crippen LogP contribution in [0.4, 0.5) is 0 Å². The molecule has 1 fully saturated rings. The van der Waals surface area contributed by atoms with Crippen molar-refractivity contribution >= 4 is 26.5 Å². The number of carbonyl (C=O) groups excluding carboxylic acids is 1. The Labute approximate surface area is 162 Å². The van der Waals surface area contributed by atoms with E-state index in [0.717, 1.165) is 11.4 Å². The van der Waals surface area contributed by atoms with Crippen molar-refractivity contribution in [2.75, 3.05) is 11.5 Å². The summed E-state index contributed by atoms with van der Waals surface area (Å²) in [6.45, 7) is 3.75. The van der Waals surface area contributed by atoms with E-state index in [1.54, 1.807) is 24.3 Å². The first kappa shape index (κ1) is 18.6. The number of aryl methyl sites for hydroxylation is 1. The van der Waals surface area contributed by atoms with Crippen molar-refractivity contribution in [2.45, 2.75) is 32.9 Å². The molecule has 0 aliphatic carbocycles. The van der Waals surface area contributed by atoms with Crippen LogP contribution in [0.25, 0.3) is 10.9 Å². The number of rotatable bonds is 4. The Hall–Kier alpha value is -2.74. The van der Waals surface area contributed by atoms with Crippen LogP contribution in [-0.2, 0) is 16.4 Å². The second-order valence-electron chi connectivity index (χ2n) is 7.32. The topological polar surface area (TPSA) is 91.0 Å². The Morgan fingerprint density at radius 1 is 1.25 bits per heavy atom. The van der Waals surface area contributed by atoms with Gasteiger partial charge in [0.1, 0.15) is 6.54 Å². The van der Waals surface area contributed by atoms with E-state index in [0.29, 0.717) is 22.9 Å². The molecular formula is C20H21N3O4S. The molecule has 0 spiro atoms. The summed E-state index contributed by atoms with van der Waals surface area (Å²) in [4.78, 5) is 25.0. The van der Waals surface area contributed by atoms with E-state index >= 15 is 0 Å². The van der Waals surface area contributed by atoms with Gasteiger partial charge >= 0.3 is 0 Å². The van der Waals surface area contributed by atoms with Crippen LogP contribution in [-0.4, -0.2) is 40.1 Å². The Morgan fingerprint density at radius 2 is 2.00 bits per heavy atom. The minimum atomic E-state index is -3.01. The largest absolute Gasteiger partial charge is 0.344 e. The molecular weight excluding hydrogens is 378 g/mol. The molecule has 0 N–H and O–H groups in total. The minimum Gasteiger partial charge on any atom is -0.344 e. The molecule has 0 amide bonds. The molecule has 28 heavy (non-hydrogen) atoms. The van der Waals surface area contributed by atoms with Crippen LogP contribution in [0.1, 0.15) is 34.2 Å². The number of hydrogen-bond acceptors (Lipinski definition) is 5. The molecule has 1 aliphatic heterocycles. The smallest absolute Gasteiger partial charge is 0.207 e. The highest BCUT2D eigenvalue weighted by Gasteiger charge is 2.31. The van der Waals surface area contributed by atoms with Crippen LogP contribution in [0.5, 0.6) is 0 Å². The van der Waals surface area contributed by atoms with E-state index < -0.39 is 9.84 Å². The van der Waals surface area contributed by atoms with Crippen molar-refractivity contribution in [3.8, 4) is 0 Å². The van der Waals surface area contributed by atoms with Gasteiger partial charge in [-0.3, -0.25) is 14.3 Å². The van der Waals surface area contributed by atoms with Crippen molar-refractivity contribution in [1.29, 1.82) is 0 Å². The van der Waals surface area contributed by atoms with Crippen LogP contribution in [0, 0.1) is 13.8 Å². The van der Waals surface area contributed by atoms with Gasteiger partial charge < -0.3 is 4.57 Å². The summed E-state index contributed by atoms with van der Waals surface area (Å²) in [6.07, 6.45) is 1.79. The van der Waals surface area contributed by atoms with E-state index in [9.17, 15) is 18.0 Å². The molecule has 4 rings (SSSR count). The number of hydrogen-bond donors (Lipinski definition) is 0. The van der Waals surface area contributed by atoms with Gasteiger partial charge in [0.25, 0.3) is 0 Å². The van der Waals surface area contributed by atoms with Gasteiger partial charge in [-0.1, -0.05) is 12.1 Å². The van der Waals surface area contributed by atoms with E-state index in [1.165, 1.54) is 10.9 Å². The van der Waals surface area contributed by atoms with E-state index in [-0.39, 0.29) is 35.3 Å². The zero-order valence-electron chi connectivity index (χ0n) is 15.8. The highest BCUT2D eigenvalue weighted by Crippen LogP contribution is 2.29. The molecule has 8 heteroatoms. The van der Waals surface area contributed by atoms with Crippen LogP contribution in [0.2, 0.25) is 0 Å². The highest BCUT2D eigenvalue weighted by molar-refractivity contribution is 7.91. The molecule has 1 saturated heterocycles.